The molecule has 0 bridgehead atoms. The van der Waals surface area contributed by atoms with Crippen LogP contribution < -0.4 is 5.56 Å². The van der Waals surface area contributed by atoms with Gasteiger partial charge in [-0.1, -0.05) is 26.0 Å². The monoisotopic (exact) mass is 331 g/mol. The third kappa shape index (κ3) is 3.22. The molecule has 0 unspecified atom stereocenters. The van der Waals surface area contributed by atoms with E-state index in [-0.39, 0.29) is 18.0 Å². The summed E-state index contributed by atoms with van der Waals surface area (Å²) in [5, 5.41) is 0.550. The van der Waals surface area contributed by atoms with E-state index in [1.54, 1.807) is 12.1 Å². The quantitative estimate of drug-likeness (QED) is 0.861. The van der Waals surface area contributed by atoms with Crippen LogP contribution in [0, 0.1) is 16.6 Å². The highest BCUT2D eigenvalue weighted by atomic mass is 32.1. The molecule has 6 heteroatoms. The Morgan fingerprint density at radius 1 is 1.26 bits per heavy atom. The van der Waals surface area contributed by atoms with Gasteiger partial charge in [-0.2, -0.15) is 0 Å². The average Bonchev–Trinajstić information content (AvgIpc) is 2.50. The van der Waals surface area contributed by atoms with E-state index in [0.29, 0.717) is 27.5 Å². The number of amides is 1. The molecule has 3 rings (SSSR count). The van der Waals surface area contributed by atoms with Crippen LogP contribution >= 0.6 is 12.2 Å². The third-order valence-electron chi connectivity index (χ3n) is 4.40. The molecule has 0 spiro atoms. The van der Waals surface area contributed by atoms with E-state index >= 15 is 0 Å². The van der Waals surface area contributed by atoms with Gasteiger partial charge in [0, 0.05) is 13.1 Å². The van der Waals surface area contributed by atoms with Crippen LogP contribution in [0.5, 0.6) is 0 Å². The molecule has 1 aromatic heterocycles. The number of H-pyrrole nitrogens is 1. The molecule has 1 N–H and O–H groups in total. The zero-order valence-corrected chi connectivity index (χ0v) is 14.2. The largest absolute Gasteiger partial charge is 0.341 e. The molecule has 1 amide bonds. The van der Waals surface area contributed by atoms with Gasteiger partial charge in [0.25, 0.3) is 5.56 Å². The first-order valence-electron chi connectivity index (χ1n) is 7.95. The predicted octanol–water partition coefficient (Wildman–Crippen LogP) is 2.56. The van der Waals surface area contributed by atoms with E-state index in [1.165, 1.54) is 4.57 Å². The first-order chi connectivity index (χ1) is 11.0. The topological polar surface area (TPSA) is 58.1 Å². The molecule has 5 nitrogen and oxygen atoms in total. The zero-order chi connectivity index (χ0) is 16.6. The average molecular weight is 331 g/mol. The van der Waals surface area contributed by atoms with Gasteiger partial charge in [-0.05, 0) is 42.6 Å². The number of carbonyl (C=O) groups excluding carboxylic acids is 1. The molecular formula is C17H21N3O2S. The maximum Gasteiger partial charge on any atom is 0.262 e. The minimum Gasteiger partial charge on any atom is -0.341 e. The molecule has 0 saturated carbocycles. The van der Waals surface area contributed by atoms with E-state index in [9.17, 15) is 9.59 Å². The van der Waals surface area contributed by atoms with Crippen LogP contribution in [0.15, 0.2) is 29.1 Å². The molecule has 2 heterocycles. The van der Waals surface area contributed by atoms with Crippen molar-refractivity contribution in [2.75, 3.05) is 13.1 Å². The number of piperidine rings is 1. The van der Waals surface area contributed by atoms with Gasteiger partial charge in [0.05, 0.1) is 10.9 Å². The van der Waals surface area contributed by atoms with Crippen LogP contribution in [0.25, 0.3) is 10.9 Å². The first-order valence-corrected chi connectivity index (χ1v) is 8.36. The number of para-hydroxylation sites is 1. The maximum atomic E-state index is 12.6. The van der Waals surface area contributed by atoms with Crippen molar-refractivity contribution in [2.24, 2.45) is 11.8 Å². The number of fused-ring (bicyclic) bond motifs is 1. The van der Waals surface area contributed by atoms with Gasteiger partial charge in [-0.15, -0.1) is 0 Å². The summed E-state index contributed by atoms with van der Waals surface area (Å²) in [6.07, 6.45) is 1.14. The van der Waals surface area contributed by atoms with Crippen LogP contribution in [-0.2, 0) is 11.3 Å². The van der Waals surface area contributed by atoms with Gasteiger partial charge in [-0.25, -0.2) is 0 Å². The van der Waals surface area contributed by atoms with Gasteiger partial charge in [-0.3, -0.25) is 14.2 Å². The number of likely N-dealkylation sites (tertiary alicyclic amines) is 1. The number of carbonyl (C=O) groups is 1. The summed E-state index contributed by atoms with van der Waals surface area (Å²) >= 11 is 5.27. The molecule has 1 saturated heterocycles. The van der Waals surface area contributed by atoms with E-state index in [0.717, 1.165) is 19.5 Å². The van der Waals surface area contributed by atoms with Gasteiger partial charge >= 0.3 is 0 Å². The summed E-state index contributed by atoms with van der Waals surface area (Å²) in [6, 6.07) is 7.21. The number of nitrogens with zero attached hydrogens (tertiary/aromatic N) is 2. The standard InChI is InChI=1S/C17H21N3O2S/c1-11-7-12(2)9-19(8-11)15(21)10-20-16(22)13-5-3-4-6-14(13)18-17(20)23/h3-6,11-12H,7-10H2,1-2H3,(H,18,23)/t11-,12+. The Morgan fingerprint density at radius 2 is 1.91 bits per heavy atom. The van der Waals surface area contributed by atoms with E-state index in [4.69, 9.17) is 12.2 Å². The molecule has 1 aliphatic heterocycles. The summed E-state index contributed by atoms with van der Waals surface area (Å²) in [4.78, 5) is 30.1. The molecule has 0 aliphatic carbocycles. The number of benzene rings is 1. The fourth-order valence-corrected chi connectivity index (χ4v) is 3.70. The first kappa shape index (κ1) is 15.9. The van der Waals surface area contributed by atoms with Crippen LogP contribution in [-0.4, -0.2) is 33.4 Å². The second kappa shape index (κ2) is 6.28. The molecule has 122 valence electrons. The molecule has 2 atom stereocenters. The molecule has 23 heavy (non-hydrogen) atoms. The minimum absolute atomic E-state index is 0.00155. The molecule has 0 radical (unpaired) electrons. The highest BCUT2D eigenvalue weighted by Crippen LogP contribution is 2.21. The zero-order valence-electron chi connectivity index (χ0n) is 13.4. The maximum absolute atomic E-state index is 12.6. The van der Waals surface area contributed by atoms with Crippen molar-refractivity contribution in [2.45, 2.75) is 26.8 Å². The SMILES string of the molecule is C[C@@H]1C[C@H](C)CN(C(=O)Cn2c(=S)[nH]c3ccccc3c2=O)C1. The Bertz CT molecular complexity index is 845. The van der Waals surface area contributed by atoms with E-state index in [2.05, 4.69) is 18.8 Å². The summed E-state index contributed by atoms with van der Waals surface area (Å²) < 4.78 is 1.66. The highest BCUT2D eigenvalue weighted by molar-refractivity contribution is 7.71. The highest BCUT2D eigenvalue weighted by Gasteiger charge is 2.25. The van der Waals surface area contributed by atoms with Crippen LogP contribution in [0.4, 0.5) is 0 Å². The Labute approximate surface area is 139 Å². The van der Waals surface area contributed by atoms with Crippen molar-refractivity contribution in [3.63, 3.8) is 0 Å². The van der Waals surface area contributed by atoms with Crippen molar-refractivity contribution in [3.05, 3.63) is 39.4 Å². The summed E-state index contributed by atoms with van der Waals surface area (Å²) in [5.41, 5.74) is 0.488. The van der Waals surface area contributed by atoms with Crippen molar-refractivity contribution in [1.82, 2.24) is 14.5 Å². The lowest BCUT2D eigenvalue weighted by Gasteiger charge is -2.35. The van der Waals surface area contributed by atoms with Gasteiger partial charge < -0.3 is 9.88 Å². The second-order valence-corrected chi connectivity index (χ2v) is 7.00. The van der Waals surface area contributed by atoms with Crippen molar-refractivity contribution in [3.8, 4) is 0 Å². The Balaban J connectivity index is 1.91. The third-order valence-corrected chi connectivity index (χ3v) is 4.73. The number of hydrogen-bond acceptors (Lipinski definition) is 3. The Morgan fingerprint density at radius 3 is 2.61 bits per heavy atom. The van der Waals surface area contributed by atoms with Gasteiger partial charge in [0.15, 0.2) is 4.77 Å². The van der Waals surface area contributed by atoms with Crippen LogP contribution in [0.1, 0.15) is 20.3 Å². The molecule has 1 aliphatic rings. The van der Waals surface area contributed by atoms with Crippen molar-refractivity contribution < 1.29 is 4.79 Å². The molecule has 2 aromatic rings. The predicted molar refractivity (Wildman–Crippen MR) is 92.9 cm³/mol. The minimum atomic E-state index is -0.212. The number of hydrogen-bond donors (Lipinski definition) is 1. The van der Waals surface area contributed by atoms with Crippen LogP contribution in [0.2, 0.25) is 0 Å². The number of nitrogens with one attached hydrogen (secondary N) is 1. The number of aromatic nitrogens is 2. The van der Waals surface area contributed by atoms with Gasteiger partial charge in [0.2, 0.25) is 5.91 Å². The fraction of sp³-hybridized carbons (Fsp3) is 0.471. The van der Waals surface area contributed by atoms with Gasteiger partial charge in [0.1, 0.15) is 6.54 Å². The Kier molecular flexibility index (Phi) is 4.35. The lowest BCUT2D eigenvalue weighted by Crippen LogP contribution is -2.45. The molecule has 1 aromatic carbocycles. The van der Waals surface area contributed by atoms with Crippen LogP contribution in [0.3, 0.4) is 0 Å². The summed E-state index contributed by atoms with van der Waals surface area (Å²) in [6.45, 7) is 5.82. The smallest absolute Gasteiger partial charge is 0.262 e. The summed E-state index contributed by atoms with van der Waals surface area (Å²) in [7, 11) is 0. The lowest BCUT2D eigenvalue weighted by molar-refractivity contribution is -0.134. The van der Waals surface area contributed by atoms with Crippen molar-refractivity contribution >= 4 is 29.0 Å². The fourth-order valence-electron chi connectivity index (χ4n) is 3.44. The van der Waals surface area contributed by atoms with E-state index < -0.39 is 0 Å². The molecular weight excluding hydrogens is 310 g/mol. The second-order valence-electron chi connectivity index (χ2n) is 6.61. The lowest BCUT2D eigenvalue weighted by atomic mass is 9.92. The van der Waals surface area contributed by atoms with E-state index in [1.807, 2.05) is 17.0 Å². The van der Waals surface area contributed by atoms with Crippen molar-refractivity contribution in [1.29, 1.82) is 0 Å². The number of aromatic amines is 1. The molecule has 1 fully saturated rings. The summed E-state index contributed by atoms with van der Waals surface area (Å²) in [5.74, 6) is 0.941. The Hall–Kier alpha value is -1.95. The normalized spacial score (nSPS) is 21.6. The number of rotatable bonds is 2.